The first kappa shape index (κ1) is 19.7. The average molecular weight is 320 g/mol. The molecule has 0 saturated heterocycles. The van der Waals surface area contributed by atoms with Gasteiger partial charge in [0.2, 0.25) is 0 Å². The molecule has 130 valence electrons. The van der Waals surface area contributed by atoms with Crippen LogP contribution < -0.4 is 0 Å². The molecule has 0 N–H and O–H groups in total. The Labute approximate surface area is 141 Å². The van der Waals surface area contributed by atoms with Gasteiger partial charge >= 0.3 is 5.97 Å². The number of hydrogen-bond acceptors (Lipinski definition) is 4. The summed E-state index contributed by atoms with van der Waals surface area (Å²) < 4.78 is 4.67. The smallest absolute Gasteiger partial charge is 0.319 e. The van der Waals surface area contributed by atoms with Crippen LogP contribution in [0.5, 0.6) is 0 Å². The maximum Gasteiger partial charge on any atom is 0.319 e. The number of rotatable bonds is 8. The van der Waals surface area contributed by atoms with E-state index in [0.717, 1.165) is 26.1 Å². The van der Waals surface area contributed by atoms with E-state index in [1.807, 2.05) is 11.9 Å². The van der Waals surface area contributed by atoms with Gasteiger partial charge in [-0.05, 0) is 50.1 Å². The summed E-state index contributed by atoms with van der Waals surface area (Å²) in [7, 11) is 5.51. The van der Waals surface area contributed by atoms with Gasteiger partial charge in [0.05, 0.1) is 13.7 Å². The molecule has 4 heteroatoms. The van der Waals surface area contributed by atoms with Crippen LogP contribution in [0, 0.1) is 0 Å². The van der Waals surface area contributed by atoms with E-state index in [4.69, 9.17) is 0 Å². The van der Waals surface area contributed by atoms with Crippen molar-refractivity contribution in [2.24, 2.45) is 0 Å². The second kappa shape index (κ2) is 9.04. The molecule has 0 aliphatic heterocycles. The van der Waals surface area contributed by atoms with E-state index < -0.39 is 0 Å². The molecule has 4 nitrogen and oxygen atoms in total. The molecule has 0 fully saturated rings. The minimum Gasteiger partial charge on any atom is -0.468 e. The van der Waals surface area contributed by atoms with Crippen LogP contribution in [0.2, 0.25) is 0 Å². The molecule has 0 unspecified atom stereocenters. The monoisotopic (exact) mass is 320 g/mol. The van der Waals surface area contributed by atoms with Gasteiger partial charge in [0.25, 0.3) is 0 Å². The van der Waals surface area contributed by atoms with E-state index in [1.54, 1.807) is 0 Å². The molecule has 0 atom stereocenters. The molecular formula is C19H32N2O2. The predicted molar refractivity (Wildman–Crippen MR) is 95.6 cm³/mol. The Balaban J connectivity index is 2.34. The van der Waals surface area contributed by atoms with Crippen LogP contribution in [0.3, 0.4) is 0 Å². The Hall–Kier alpha value is -1.39. The molecule has 0 saturated carbocycles. The molecule has 1 aromatic carbocycles. The van der Waals surface area contributed by atoms with Crippen LogP contribution in [0.25, 0.3) is 0 Å². The molecule has 1 rings (SSSR count). The van der Waals surface area contributed by atoms with Gasteiger partial charge in [0, 0.05) is 6.54 Å². The number of methoxy groups -OCH3 is 1. The van der Waals surface area contributed by atoms with Gasteiger partial charge in [-0.1, -0.05) is 45.0 Å². The molecular weight excluding hydrogens is 288 g/mol. The SMILES string of the molecule is COC(=O)CN(C)CCCN(C)Cc1ccc(C(C)(C)C)cc1. The maximum atomic E-state index is 11.2. The minimum absolute atomic E-state index is 0.181. The number of nitrogens with zero attached hydrogens (tertiary/aromatic N) is 2. The molecule has 0 spiro atoms. The van der Waals surface area contributed by atoms with Crippen molar-refractivity contribution in [1.82, 2.24) is 9.80 Å². The Kier molecular flexibility index (Phi) is 7.73. The summed E-state index contributed by atoms with van der Waals surface area (Å²) in [6.07, 6.45) is 1.03. The fourth-order valence-electron chi connectivity index (χ4n) is 2.48. The lowest BCUT2D eigenvalue weighted by Crippen LogP contribution is -2.30. The lowest BCUT2D eigenvalue weighted by Gasteiger charge is -2.21. The third kappa shape index (κ3) is 7.62. The van der Waals surface area contributed by atoms with Crippen LogP contribution in [-0.2, 0) is 21.5 Å². The molecule has 0 aliphatic rings. The number of ether oxygens (including phenoxy) is 1. The molecule has 0 aliphatic carbocycles. The highest BCUT2D eigenvalue weighted by Crippen LogP contribution is 2.22. The molecule has 1 aromatic rings. The van der Waals surface area contributed by atoms with Gasteiger partial charge in [-0.3, -0.25) is 9.69 Å². The van der Waals surface area contributed by atoms with Crippen LogP contribution in [0.15, 0.2) is 24.3 Å². The fraction of sp³-hybridized carbons (Fsp3) is 0.632. The Bertz CT molecular complexity index is 477. The molecule has 0 radical (unpaired) electrons. The number of carbonyl (C=O) groups excluding carboxylic acids is 1. The molecule has 23 heavy (non-hydrogen) atoms. The summed E-state index contributed by atoms with van der Waals surface area (Å²) in [6, 6.07) is 8.90. The summed E-state index contributed by atoms with van der Waals surface area (Å²) in [4.78, 5) is 15.5. The normalized spacial score (nSPS) is 12.0. The number of carbonyl (C=O) groups is 1. The van der Waals surface area contributed by atoms with E-state index >= 15 is 0 Å². The number of hydrogen-bond donors (Lipinski definition) is 0. The van der Waals surface area contributed by atoms with Gasteiger partial charge in [-0.25, -0.2) is 0 Å². The summed E-state index contributed by atoms with van der Waals surface area (Å²) in [5.74, 6) is -0.181. The summed E-state index contributed by atoms with van der Waals surface area (Å²) in [5, 5.41) is 0. The van der Waals surface area contributed by atoms with Crippen LogP contribution in [0.4, 0.5) is 0 Å². The highest BCUT2D eigenvalue weighted by Gasteiger charge is 2.13. The lowest BCUT2D eigenvalue weighted by molar-refractivity contribution is -0.141. The van der Waals surface area contributed by atoms with Crippen LogP contribution in [-0.4, -0.2) is 56.6 Å². The highest BCUT2D eigenvalue weighted by molar-refractivity contribution is 5.71. The van der Waals surface area contributed by atoms with Crippen molar-refractivity contribution in [1.29, 1.82) is 0 Å². The summed E-state index contributed by atoms with van der Waals surface area (Å²) in [6.45, 7) is 9.91. The van der Waals surface area contributed by atoms with Crippen molar-refractivity contribution in [3.63, 3.8) is 0 Å². The predicted octanol–water partition coefficient (Wildman–Crippen LogP) is 2.91. The first-order valence-corrected chi connectivity index (χ1v) is 8.25. The second-order valence-corrected chi connectivity index (χ2v) is 7.35. The summed E-state index contributed by atoms with van der Waals surface area (Å²) in [5.41, 5.74) is 2.91. The first-order valence-electron chi connectivity index (χ1n) is 8.25. The van der Waals surface area contributed by atoms with E-state index in [9.17, 15) is 4.79 Å². The first-order chi connectivity index (χ1) is 10.7. The van der Waals surface area contributed by atoms with Crippen LogP contribution in [0.1, 0.15) is 38.3 Å². The zero-order chi connectivity index (χ0) is 17.5. The Morgan fingerprint density at radius 1 is 1.04 bits per heavy atom. The van der Waals surface area contributed by atoms with Crippen molar-refractivity contribution in [3.05, 3.63) is 35.4 Å². The van der Waals surface area contributed by atoms with Crippen molar-refractivity contribution in [3.8, 4) is 0 Å². The lowest BCUT2D eigenvalue weighted by atomic mass is 9.87. The third-order valence-electron chi connectivity index (χ3n) is 3.98. The van der Waals surface area contributed by atoms with Crippen molar-refractivity contribution >= 4 is 5.97 Å². The van der Waals surface area contributed by atoms with E-state index in [-0.39, 0.29) is 11.4 Å². The van der Waals surface area contributed by atoms with Gasteiger partial charge in [-0.2, -0.15) is 0 Å². The summed E-state index contributed by atoms with van der Waals surface area (Å²) >= 11 is 0. The van der Waals surface area contributed by atoms with Gasteiger partial charge in [-0.15, -0.1) is 0 Å². The molecule has 0 bridgehead atoms. The zero-order valence-electron chi connectivity index (χ0n) is 15.6. The maximum absolute atomic E-state index is 11.2. The Morgan fingerprint density at radius 2 is 1.61 bits per heavy atom. The standard InChI is InChI=1S/C19H32N2O2/c1-19(2,3)17-10-8-16(9-11-17)14-20(4)12-7-13-21(5)15-18(22)23-6/h8-11H,7,12-15H2,1-6H3. The van der Waals surface area contributed by atoms with E-state index in [1.165, 1.54) is 18.2 Å². The largest absolute Gasteiger partial charge is 0.468 e. The minimum atomic E-state index is -0.181. The second-order valence-electron chi connectivity index (χ2n) is 7.35. The third-order valence-corrected chi connectivity index (χ3v) is 3.98. The fourth-order valence-corrected chi connectivity index (χ4v) is 2.48. The topological polar surface area (TPSA) is 32.8 Å². The Morgan fingerprint density at radius 3 is 2.13 bits per heavy atom. The molecule has 0 amide bonds. The quantitative estimate of drug-likeness (QED) is 0.690. The van der Waals surface area contributed by atoms with Gasteiger partial charge in [0.1, 0.15) is 0 Å². The number of esters is 1. The molecule has 0 heterocycles. The van der Waals surface area contributed by atoms with Gasteiger partial charge < -0.3 is 9.64 Å². The van der Waals surface area contributed by atoms with Crippen LogP contribution >= 0.6 is 0 Å². The van der Waals surface area contributed by atoms with E-state index in [0.29, 0.717) is 6.54 Å². The van der Waals surface area contributed by atoms with Crippen molar-refractivity contribution < 1.29 is 9.53 Å². The number of benzene rings is 1. The molecule has 0 aromatic heterocycles. The van der Waals surface area contributed by atoms with Gasteiger partial charge in [0.15, 0.2) is 0 Å². The number of likely N-dealkylation sites (N-methyl/N-ethyl adjacent to an activating group) is 1. The van der Waals surface area contributed by atoms with E-state index in [2.05, 4.69) is 61.7 Å². The van der Waals surface area contributed by atoms with Crippen molar-refractivity contribution in [2.45, 2.75) is 39.2 Å². The highest BCUT2D eigenvalue weighted by atomic mass is 16.5. The van der Waals surface area contributed by atoms with Crippen molar-refractivity contribution in [2.75, 3.05) is 40.8 Å². The average Bonchev–Trinajstić information content (AvgIpc) is 2.46. The zero-order valence-corrected chi connectivity index (χ0v) is 15.6.